The Labute approximate surface area is 200 Å². The van der Waals surface area contributed by atoms with Crippen molar-refractivity contribution in [3.05, 3.63) is 30.3 Å². The third-order valence-electron chi connectivity index (χ3n) is 4.49. The number of aliphatic hydroxyl groups is 1. The lowest BCUT2D eigenvalue weighted by molar-refractivity contribution is -0.160. The van der Waals surface area contributed by atoms with Crippen LogP contribution in [0.25, 0.3) is 0 Å². The van der Waals surface area contributed by atoms with Gasteiger partial charge in [-0.15, -0.1) is 0 Å². The highest BCUT2D eigenvalue weighted by Gasteiger charge is 2.44. The summed E-state index contributed by atoms with van der Waals surface area (Å²) in [6.07, 6.45) is -5.22. The smallest absolute Gasteiger partial charge is 0.420 e. The number of carbonyl (C=O) groups excluding carboxylic acids is 3. The molecular weight excluding hydrogens is 446 g/mol. The number of imide groups is 1. The number of carbonyl (C=O) groups is 3. The summed E-state index contributed by atoms with van der Waals surface area (Å²) in [4.78, 5) is 39.5. The monoisotopic (exact) mass is 481 g/mol. The number of ether oxygens (including phenoxy) is 5. The molecule has 1 aliphatic rings. The Morgan fingerprint density at radius 3 is 2.00 bits per heavy atom. The van der Waals surface area contributed by atoms with Gasteiger partial charge in [0, 0.05) is 0 Å². The summed E-state index contributed by atoms with van der Waals surface area (Å²) < 4.78 is 27.6. The van der Waals surface area contributed by atoms with Gasteiger partial charge in [0.15, 0.2) is 12.1 Å². The molecular formula is C24H35NO9. The Kier molecular flexibility index (Phi) is 8.90. The molecule has 10 heteroatoms. The molecule has 1 aromatic carbocycles. The number of cyclic esters (lactones) is 1. The van der Waals surface area contributed by atoms with E-state index in [9.17, 15) is 19.5 Å². The topological polar surface area (TPSA) is 121 Å². The largest absolute Gasteiger partial charge is 0.484 e. The number of aliphatic hydroxyl groups excluding tert-OH is 1. The summed E-state index contributed by atoms with van der Waals surface area (Å²) in [6.45, 7) is 10.6. The van der Waals surface area contributed by atoms with Crippen LogP contribution in [-0.4, -0.2) is 76.9 Å². The molecule has 2 amide bonds. The molecule has 190 valence electrons. The second-order valence-electron chi connectivity index (χ2n) is 9.99. The van der Waals surface area contributed by atoms with Crippen LogP contribution in [0.5, 0.6) is 5.75 Å². The molecule has 1 aromatic rings. The van der Waals surface area contributed by atoms with Crippen molar-refractivity contribution in [2.75, 3.05) is 13.2 Å². The number of hydrogen-bond acceptors (Lipinski definition) is 9. The standard InChI is InChI=1S/C24H35NO9/c1-15-19(32-16-11-9-8-10-12-16)18(26)14-30-13-17(20(27)31-15)25(21(28)33-23(2,3)4)22(29)34-24(5,6)7/h8-12,15,17-19,26H,13-14H2,1-7H3/t15-,17-,18-,19-/m0/s1. The predicted octanol–water partition coefficient (Wildman–Crippen LogP) is 3.30. The van der Waals surface area contributed by atoms with Crippen molar-refractivity contribution in [2.24, 2.45) is 0 Å². The molecule has 10 nitrogen and oxygen atoms in total. The molecule has 1 fully saturated rings. The Balaban J connectivity index is 2.32. The molecule has 0 saturated carbocycles. The summed E-state index contributed by atoms with van der Waals surface area (Å²) in [5.74, 6) is -0.464. The maximum Gasteiger partial charge on any atom is 0.420 e. The second-order valence-corrected chi connectivity index (χ2v) is 9.99. The molecule has 4 atom stereocenters. The molecule has 0 unspecified atom stereocenters. The Morgan fingerprint density at radius 2 is 1.50 bits per heavy atom. The van der Waals surface area contributed by atoms with Crippen LogP contribution in [0.1, 0.15) is 48.5 Å². The lowest BCUT2D eigenvalue weighted by Crippen LogP contribution is -2.54. The number of esters is 1. The van der Waals surface area contributed by atoms with Gasteiger partial charge in [0.1, 0.15) is 29.2 Å². The number of hydrogen-bond donors (Lipinski definition) is 1. The van der Waals surface area contributed by atoms with Gasteiger partial charge in [0.2, 0.25) is 0 Å². The van der Waals surface area contributed by atoms with E-state index >= 15 is 0 Å². The quantitative estimate of drug-likeness (QED) is 0.512. The van der Waals surface area contributed by atoms with Crippen LogP contribution in [0.3, 0.4) is 0 Å². The molecule has 1 saturated heterocycles. The van der Waals surface area contributed by atoms with Gasteiger partial charge in [-0.1, -0.05) is 18.2 Å². The predicted molar refractivity (Wildman–Crippen MR) is 121 cm³/mol. The van der Waals surface area contributed by atoms with Gasteiger partial charge in [-0.3, -0.25) is 0 Å². The van der Waals surface area contributed by atoms with Gasteiger partial charge in [-0.25, -0.2) is 14.4 Å². The van der Waals surface area contributed by atoms with E-state index in [0.29, 0.717) is 10.6 Å². The third-order valence-corrected chi connectivity index (χ3v) is 4.49. The van der Waals surface area contributed by atoms with E-state index in [1.807, 2.05) is 6.07 Å². The summed E-state index contributed by atoms with van der Waals surface area (Å²) >= 11 is 0. The Morgan fingerprint density at radius 1 is 0.971 bits per heavy atom. The fourth-order valence-electron chi connectivity index (χ4n) is 3.07. The van der Waals surface area contributed by atoms with Crippen LogP contribution in [0.4, 0.5) is 9.59 Å². The maximum atomic E-state index is 13.1. The van der Waals surface area contributed by atoms with Gasteiger partial charge in [0.25, 0.3) is 0 Å². The zero-order valence-electron chi connectivity index (χ0n) is 20.8. The van der Waals surface area contributed by atoms with Crippen molar-refractivity contribution in [3.8, 4) is 5.75 Å². The van der Waals surface area contributed by atoms with Gasteiger partial charge < -0.3 is 28.8 Å². The number of benzene rings is 1. The lowest BCUT2D eigenvalue weighted by atomic mass is 10.1. The third kappa shape index (κ3) is 8.18. The van der Waals surface area contributed by atoms with E-state index < -0.39 is 60.3 Å². The maximum absolute atomic E-state index is 13.1. The van der Waals surface area contributed by atoms with Crippen LogP contribution in [0, 0.1) is 0 Å². The molecule has 0 spiro atoms. The highest BCUT2D eigenvalue weighted by molar-refractivity contribution is 5.94. The molecule has 2 rings (SSSR count). The second kappa shape index (κ2) is 11.1. The van der Waals surface area contributed by atoms with Gasteiger partial charge in [0.05, 0.1) is 13.2 Å². The van der Waals surface area contributed by atoms with Gasteiger partial charge >= 0.3 is 18.2 Å². The fraction of sp³-hybridized carbons (Fsp3) is 0.625. The first-order valence-electron chi connectivity index (χ1n) is 11.1. The molecule has 34 heavy (non-hydrogen) atoms. The number of nitrogens with zero attached hydrogens (tertiary/aromatic N) is 1. The first-order valence-corrected chi connectivity index (χ1v) is 11.1. The minimum atomic E-state index is -1.50. The summed E-state index contributed by atoms with van der Waals surface area (Å²) in [5.41, 5.74) is -1.89. The highest BCUT2D eigenvalue weighted by atomic mass is 16.6. The van der Waals surface area contributed by atoms with E-state index in [0.717, 1.165) is 0 Å². The van der Waals surface area contributed by atoms with E-state index in [2.05, 4.69) is 0 Å². The molecule has 0 aliphatic carbocycles. The van der Waals surface area contributed by atoms with E-state index in [1.165, 1.54) is 0 Å². The van der Waals surface area contributed by atoms with Crippen molar-refractivity contribution in [2.45, 2.75) is 84.0 Å². The van der Waals surface area contributed by atoms with Crippen LogP contribution in [-0.2, 0) is 23.7 Å². The first kappa shape index (κ1) is 27.4. The van der Waals surface area contributed by atoms with Crippen LogP contribution in [0.2, 0.25) is 0 Å². The van der Waals surface area contributed by atoms with E-state index in [-0.39, 0.29) is 6.61 Å². The van der Waals surface area contributed by atoms with Crippen molar-refractivity contribution in [1.82, 2.24) is 4.90 Å². The summed E-state index contributed by atoms with van der Waals surface area (Å²) in [6, 6.07) is 7.23. The van der Waals surface area contributed by atoms with Gasteiger partial charge in [-0.2, -0.15) is 4.90 Å². The van der Waals surface area contributed by atoms with Crippen molar-refractivity contribution < 1.29 is 43.2 Å². The molecule has 0 bridgehead atoms. The Hall–Kier alpha value is -2.85. The van der Waals surface area contributed by atoms with Crippen molar-refractivity contribution in [1.29, 1.82) is 0 Å². The Bertz CT molecular complexity index is 816. The first-order chi connectivity index (χ1) is 15.7. The van der Waals surface area contributed by atoms with Crippen molar-refractivity contribution >= 4 is 18.2 Å². The minimum absolute atomic E-state index is 0.231. The lowest BCUT2D eigenvalue weighted by Gasteiger charge is -2.32. The fourth-order valence-corrected chi connectivity index (χ4v) is 3.07. The summed E-state index contributed by atoms with van der Waals surface area (Å²) in [7, 11) is 0. The average Bonchev–Trinajstić information content (AvgIpc) is 2.72. The molecule has 1 aliphatic heterocycles. The van der Waals surface area contributed by atoms with Crippen LogP contribution < -0.4 is 4.74 Å². The van der Waals surface area contributed by atoms with Gasteiger partial charge in [-0.05, 0) is 60.6 Å². The minimum Gasteiger partial charge on any atom is -0.484 e. The van der Waals surface area contributed by atoms with E-state index in [4.69, 9.17) is 23.7 Å². The number of amides is 2. The molecule has 0 aromatic heterocycles. The van der Waals surface area contributed by atoms with Crippen LogP contribution in [0.15, 0.2) is 30.3 Å². The zero-order chi connectivity index (χ0) is 25.7. The van der Waals surface area contributed by atoms with Crippen molar-refractivity contribution in [3.63, 3.8) is 0 Å². The number of para-hydroxylation sites is 1. The molecule has 1 N–H and O–H groups in total. The normalized spacial score (nSPS) is 24.1. The highest BCUT2D eigenvalue weighted by Crippen LogP contribution is 2.22. The van der Waals surface area contributed by atoms with Crippen LogP contribution >= 0.6 is 0 Å². The number of rotatable bonds is 3. The molecule has 1 heterocycles. The summed E-state index contributed by atoms with van der Waals surface area (Å²) in [5, 5.41) is 10.6. The zero-order valence-corrected chi connectivity index (χ0v) is 20.8. The SMILES string of the molecule is C[C@@H]1OC(=O)[C@@H](N(C(=O)OC(C)(C)C)C(=O)OC(C)(C)C)COC[C@H](O)[C@H]1Oc1ccccc1. The molecule has 0 radical (unpaired) electrons. The average molecular weight is 482 g/mol. The van der Waals surface area contributed by atoms with E-state index in [1.54, 1.807) is 72.7 Å².